The fourth-order valence-electron chi connectivity index (χ4n) is 5.17. The van der Waals surface area contributed by atoms with Gasteiger partial charge in [-0.15, -0.1) is 0 Å². The lowest BCUT2D eigenvalue weighted by Crippen LogP contribution is -2.46. The van der Waals surface area contributed by atoms with Gasteiger partial charge in [0.05, 0.1) is 11.7 Å². The summed E-state index contributed by atoms with van der Waals surface area (Å²) in [6.07, 6.45) is 6.49. The summed E-state index contributed by atoms with van der Waals surface area (Å²) in [5, 5.41) is 15.4. The van der Waals surface area contributed by atoms with Crippen molar-refractivity contribution in [1.82, 2.24) is 40.7 Å². The summed E-state index contributed by atoms with van der Waals surface area (Å²) >= 11 is 0. The quantitative estimate of drug-likeness (QED) is 0.355. The molecule has 0 saturated carbocycles. The summed E-state index contributed by atoms with van der Waals surface area (Å²) in [5.74, 6) is 0.595. The Hall–Kier alpha value is -3.56. The molecule has 1 unspecified atom stereocenters. The number of aromatic amines is 2. The topological polar surface area (TPSA) is 115 Å². The molecule has 1 aromatic carbocycles. The highest BCUT2D eigenvalue weighted by Crippen LogP contribution is 2.32. The largest absolute Gasteiger partial charge is 0.333 e. The number of fused-ring (bicyclic) bond motifs is 3. The van der Waals surface area contributed by atoms with Gasteiger partial charge in [0.25, 0.3) is 5.91 Å². The number of nitrogens with zero attached hydrogens (tertiary/aromatic N) is 4. The maximum atomic E-state index is 13.1. The van der Waals surface area contributed by atoms with Gasteiger partial charge < -0.3 is 20.5 Å². The number of carbonyl (C=O) groups is 1. The SMILES string of the molecule is CCNCc1cncc(-c2ccc3[nH]nc(-c4ncc(C(=O)N5CC6C[C@@H]5CN6)[nH]4)c3c2)c1C. The van der Waals surface area contributed by atoms with Crippen molar-refractivity contribution in [2.45, 2.75) is 38.9 Å². The van der Waals surface area contributed by atoms with Crippen molar-refractivity contribution >= 4 is 16.8 Å². The van der Waals surface area contributed by atoms with Gasteiger partial charge in [0, 0.05) is 55.1 Å². The summed E-state index contributed by atoms with van der Waals surface area (Å²) in [5.41, 5.74) is 6.69. The van der Waals surface area contributed by atoms with E-state index < -0.39 is 0 Å². The lowest BCUT2D eigenvalue weighted by Gasteiger charge is -2.26. The van der Waals surface area contributed by atoms with Crippen molar-refractivity contribution in [1.29, 1.82) is 0 Å². The zero-order valence-corrected chi connectivity index (χ0v) is 19.4. The van der Waals surface area contributed by atoms with Crippen LogP contribution < -0.4 is 10.6 Å². The van der Waals surface area contributed by atoms with Crippen LogP contribution in [0.5, 0.6) is 0 Å². The van der Waals surface area contributed by atoms with Crippen LogP contribution in [0.1, 0.15) is 35.0 Å². The maximum Gasteiger partial charge on any atom is 0.272 e. The first-order valence-electron chi connectivity index (χ1n) is 11.8. The number of benzene rings is 1. The smallest absolute Gasteiger partial charge is 0.272 e. The van der Waals surface area contributed by atoms with E-state index in [1.165, 1.54) is 11.1 Å². The van der Waals surface area contributed by atoms with Crippen LogP contribution in [0.2, 0.25) is 0 Å². The molecule has 0 radical (unpaired) electrons. The van der Waals surface area contributed by atoms with Crippen molar-refractivity contribution in [3.8, 4) is 22.6 Å². The minimum absolute atomic E-state index is 0.00693. The third kappa shape index (κ3) is 3.48. The van der Waals surface area contributed by atoms with Crippen LogP contribution in [0, 0.1) is 6.92 Å². The number of H-pyrrole nitrogens is 2. The average molecular weight is 457 g/mol. The van der Waals surface area contributed by atoms with E-state index in [0.29, 0.717) is 23.3 Å². The van der Waals surface area contributed by atoms with Crippen LogP contribution in [0.25, 0.3) is 33.5 Å². The summed E-state index contributed by atoms with van der Waals surface area (Å²) in [6, 6.07) is 6.92. The number of hydrogen-bond donors (Lipinski definition) is 4. The zero-order chi connectivity index (χ0) is 23.2. The monoisotopic (exact) mass is 456 g/mol. The lowest BCUT2D eigenvalue weighted by molar-refractivity contribution is 0.0710. The summed E-state index contributed by atoms with van der Waals surface area (Å²) in [6.45, 7) is 7.56. The summed E-state index contributed by atoms with van der Waals surface area (Å²) in [4.78, 5) is 27.2. The number of piperazine rings is 1. The first kappa shape index (κ1) is 21.0. The molecule has 9 heteroatoms. The van der Waals surface area contributed by atoms with Crippen LogP contribution in [0.4, 0.5) is 0 Å². The number of amides is 1. The first-order valence-corrected chi connectivity index (χ1v) is 11.8. The van der Waals surface area contributed by atoms with E-state index in [2.05, 4.69) is 61.8 Å². The molecule has 2 atom stereocenters. The van der Waals surface area contributed by atoms with Crippen molar-refractivity contribution in [3.05, 3.63) is 53.6 Å². The van der Waals surface area contributed by atoms with Crippen LogP contribution >= 0.6 is 0 Å². The second-order valence-electron chi connectivity index (χ2n) is 9.18. The second-order valence-corrected chi connectivity index (χ2v) is 9.18. The first-order chi connectivity index (χ1) is 16.6. The molecule has 4 N–H and O–H groups in total. The Morgan fingerprint density at radius 1 is 1.26 bits per heavy atom. The number of carbonyl (C=O) groups excluding carboxylic acids is 1. The van der Waals surface area contributed by atoms with E-state index in [0.717, 1.165) is 54.6 Å². The van der Waals surface area contributed by atoms with E-state index in [1.807, 2.05) is 23.4 Å². The Bertz CT molecular complexity index is 1370. The van der Waals surface area contributed by atoms with Crippen LogP contribution in [-0.4, -0.2) is 67.7 Å². The molecule has 2 fully saturated rings. The van der Waals surface area contributed by atoms with Crippen molar-refractivity contribution < 1.29 is 4.79 Å². The highest BCUT2D eigenvalue weighted by Gasteiger charge is 2.40. The molecule has 5 heterocycles. The van der Waals surface area contributed by atoms with Crippen molar-refractivity contribution in [3.63, 3.8) is 0 Å². The van der Waals surface area contributed by atoms with Gasteiger partial charge in [-0.1, -0.05) is 13.0 Å². The highest BCUT2D eigenvalue weighted by atomic mass is 16.2. The van der Waals surface area contributed by atoms with Crippen molar-refractivity contribution in [2.75, 3.05) is 19.6 Å². The molecular weight excluding hydrogens is 428 g/mol. The molecule has 6 rings (SSSR count). The van der Waals surface area contributed by atoms with Gasteiger partial charge in [-0.2, -0.15) is 5.10 Å². The third-order valence-corrected chi connectivity index (χ3v) is 7.11. The molecule has 1 amide bonds. The van der Waals surface area contributed by atoms with Gasteiger partial charge in [-0.3, -0.25) is 14.9 Å². The molecule has 0 aliphatic carbocycles. The van der Waals surface area contributed by atoms with E-state index in [1.54, 1.807) is 6.20 Å². The number of aromatic nitrogens is 5. The number of imidazole rings is 1. The number of nitrogens with one attached hydrogen (secondary N) is 4. The lowest BCUT2D eigenvalue weighted by atomic mass is 9.98. The number of rotatable bonds is 6. The van der Waals surface area contributed by atoms with Gasteiger partial charge in [0.15, 0.2) is 5.82 Å². The summed E-state index contributed by atoms with van der Waals surface area (Å²) in [7, 11) is 0. The maximum absolute atomic E-state index is 13.1. The highest BCUT2D eigenvalue weighted by molar-refractivity contribution is 5.96. The molecule has 34 heavy (non-hydrogen) atoms. The molecular formula is C25H28N8O. The average Bonchev–Trinajstić information content (AvgIpc) is 3.66. The molecule has 2 aliphatic heterocycles. The number of hydrogen-bond acceptors (Lipinski definition) is 6. The molecule has 3 aromatic heterocycles. The van der Waals surface area contributed by atoms with Gasteiger partial charge in [0.1, 0.15) is 11.4 Å². The summed E-state index contributed by atoms with van der Waals surface area (Å²) < 4.78 is 0. The zero-order valence-electron chi connectivity index (χ0n) is 19.4. The molecule has 4 aromatic rings. The minimum Gasteiger partial charge on any atom is -0.333 e. The second kappa shape index (κ2) is 8.34. The van der Waals surface area contributed by atoms with Gasteiger partial charge in [0.2, 0.25) is 0 Å². The normalized spacial score (nSPS) is 19.4. The van der Waals surface area contributed by atoms with Crippen LogP contribution in [-0.2, 0) is 6.54 Å². The van der Waals surface area contributed by atoms with Gasteiger partial charge >= 0.3 is 0 Å². The van der Waals surface area contributed by atoms with Crippen molar-refractivity contribution in [2.24, 2.45) is 0 Å². The Kier molecular flexibility index (Phi) is 5.15. The fraction of sp³-hybridized carbons (Fsp3) is 0.360. The van der Waals surface area contributed by atoms with E-state index >= 15 is 0 Å². The van der Waals surface area contributed by atoms with Gasteiger partial charge in [-0.25, -0.2) is 4.98 Å². The Morgan fingerprint density at radius 3 is 2.97 bits per heavy atom. The fourth-order valence-corrected chi connectivity index (χ4v) is 5.17. The minimum atomic E-state index is 0.00693. The molecule has 0 spiro atoms. The van der Waals surface area contributed by atoms with E-state index in [9.17, 15) is 4.79 Å². The van der Waals surface area contributed by atoms with E-state index in [4.69, 9.17) is 0 Å². The predicted octanol–water partition coefficient (Wildman–Crippen LogP) is 2.62. The number of pyridine rings is 1. The molecule has 2 saturated heterocycles. The standard InChI is InChI=1S/C25H28N8O/c1-3-26-8-16-9-27-11-20(14(16)2)15-4-5-21-19(6-15)23(32-31-21)24-29-12-22(30-24)25(34)33-13-17-7-18(33)10-28-17/h4-6,9,11-12,17-18,26,28H,3,7-8,10,13H2,1-2H3,(H,29,30)(H,31,32)/t17?,18-/m1/s1. The Labute approximate surface area is 197 Å². The molecule has 174 valence electrons. The molecule has 9 nitrogen and oxygen atoms in total. The third-order valence-electron chi connectivity index (χ3n) is 7.11. The Balaban J connectivity index is 1.32. The van der Waals surface area contributed by atoms with E-state index in [-0.39, 0.29) is 11.9 Å². The van der Waals surface area contributed by atoms with Crippen LogP contribution in [0.15, 0.2) is 36.8 Å². The van der Waals surface area contributed by atoms with Crippen LogP contribution in [0.3, 0.4) is 0 Å². The predicted molar refractivity (Wildman–Crippen MR) is 130 cm³/mol. The molecule has 2 bridgehead atoms. The Morgan fingerprint density at radius 2 is 2.18 bits per heavy atom. The van der Waals surface area contributed by atoms with Gasteiger partial charge in [-0.05, 0) is 48.7 Å². The number of likely N-dealkylation sites (tertiary alicyclic amines) is 1. The molecule has 2 aliphatic rings.